The fourth-order valence-corrected chi connectivity index (χ4v) is 26.2. The molecular formula is C136H104N4OS. The first-order valence-corrected chi connectivity index (χ1v) is 50.8. The number of hydrogen-bond donors (Lipinski definition) is 0. The van der Waals surface area contributed by atoms with E-state index in [1.54, 1.807) is 0 Å². The van der Waals surface area contributed by atoms with Gasteiger partial charge in [0, 0.05) is 114 Å². The average Bonchev–Trinajstić information content (AvgIpc) is 1.56. The highest BCUT2D eigenvalue weighted by atomic mass is 32.1. The van der Waals surface area contributed by atoms with Crippen LogP contribution in [0.15, 0.2) is 417 Å². The smallest absolute Gasteiger partial charge is 0.159 e. The summed E-state index contributed by atoms with van der Waals surface area (Å²) in [6.07, 6.45) is 0. The van der Waals surface area contributed by atoms with Gasteiger partial charge in [-0.05, 0) is 319 Å². The van der Waals surface area contributed by atoms with Gasteiger partial charge in [0.25, 0.3) is 0 Å². The maximum absolute atomic E-state index is 6.72. The van der Waals surface area contributed by atoms with Crippen molar-refractivity contribution in [2.75, 3.05) is 9.80 Å². The Morgan fingerprint density at radius 1 is 0.211 bits per heavy atom. The molecule has 4 aromatic heterocycles. The van der Waals surface area contributed by atoms with Gasteiger partial charge in [0.05, 0.1) is 27.8 Å². The molecule has 0 N–H and O–H groups in total. The Hall–Kier alpha value is -16.4. The van der Waals surface area contributed by atoms with E-state index in [4.69, 9.17) is 4.42 Å². The Morgan fingerprint density at radius 3 is 1.07 bits per heavy atom. The van der Waals surface area contributed by atoms with Gasteiger partial charge in [0.15, 0.2) is 5.58 Å². The Labute approximate surface area is 832 Å². The van der Waals surface area contributed by atoms with Crippen molar-refractivity contribution in [3.05, 3.63) is 479 Å². The van der Waals surface area contributed by atoms with Crippen molar-refractivity contribution in [2.45, 2.75) is 105 Å². The number of thiophene rings is 1. The van der Waals surface area contributed by atoms with Crippen LogP contribution in [-0.2, 0) is 21.7 Å². The van der Waals surface area contributed by atoms with Gasteiger partial charge in [-0.1, -0.05) is 332 Å². The molecule has 28 rings (SSSR count). The molecule has 6 heteroatoms. The van der Waals surface area contributed by atoms with Crippen LogP contribution in [0.5, 0.6) is 0 Å². The number of anilines is 6. The quantitative estimate of drug-likeness (QED) is 0.122. The molecular weight excluding hydrogens is 1740 g/mol. The zero-order valence-electron chi connectivity index (χ0n) is 81.9. The van der Waals surface area contributed by atoms with Crippen molar-refractivity contribution in [3.8, 4) is 100 Å². The van der Waals surface area contributed by atoms with Crippen molar-refractivity contribution < 1.29 is 4.42 Å². The molecule has 0 unspecified atom stereocenters. The van der Waals surface area contributed by atoms with E-state index in [1.165, 1.54) is 225 Å². The maximum atomic E-state index is 6.72. The van der Waals surface area contributed by atoms with Crippen LogP contribution in [-0.4, -0.2) is 9.13 Å². The predicted octanol–water partition coefficient (Wildman–Crippen LogP) is 37.9. The van der Waals surface area contributed by atoms with Gasteiger partial charge in [-0.15, -0.1) is 11.3 Å². The number of hydrogen-bond acceptors (Lipinski definition) is 4. The summed E-state index contributed by atoms with van der Waals surface area (Å²) in [4.78, 5) is 4.83. The number of benzene rings is 20. The second-order valence-electron chi connectivity index (χ2n) is 42.2. The number of rotatable bonds is 12. The summed E-state index contributed by atoms with van der Waals surface area (Å²) in [7, 11) is 0. The number of nitrogens with zero attached hydrogens (tertiary/aromatic N) is 4. The summed E-state index contributed by atoms with van der Waals surface area (Å²) in [6.45, 7) is 27.8. The lowest BCUT2D eigenvalue weighted by Gasteiger charge is -2.28. The topological polar surface area (TPSA) is 29.5 Å². The summed E-state index contributed by atoms with van der Waals surface area (Å²) in [5, 5.41) is 9.82. The minimum atomic E-state index is -0.162. The molecule has 0 aliphatic heterocycles. The highest BCUT2D eigenvalue weighted by Crippen LogP contribution is 2.58. The highest BCUT2D eigenvalue weighted by Gasteiger charge is 2.42. The second-order valence-corrected chi connectivity index (χ2v) is 43.3. The van der Waals surface area contributed by atoms with Crippen molar-refractivity contribution >= 4 is 131 Å². The summed E-state index contributed by atoms with van der Waals surface area (Å²) >= 11 is 1.87. The molecule has 4 aliphatic carbocycles. The van der Waals surface area contributed by atoms with E-state index in [0.29, 0.717) is 0 Å². The van der Waals surface area contributed by atoms with Crippen molar-refractivity contribution in [1.29, 1.82) is 0 Å². The van der Waals surface area contributed by atoms with E-state index in [0.717, 1.165) is 61.6 Å². The third-order valence-electron chi connectivity index (χ3n) is 32.1. The van der Waals surface area contributed by atoms with Gasteiger partial charge >= 0.3 is 0 Å². The van der Waals surface area contributed by atoms with Crippen molar-refractivity contribution in [2.24, 2.45) is 0 Å². The zero-order valence-corrected chi connectivity index (χ0v) is 82.7. The molecule has 0 amide bonds. The lowest BCUT2D eigenvalue weighted by Crippen LogP contribution is -2.16. The Balaban J connectivity index is 0.000000142. The maximum Gasteiger partial charge on any atom is 0.159 e. The van der Waals surface area contributed by atoms with Gasteiger partial charge in [0.2, 0.25) is 0 Å². The zero-order chi connectivity index (χ0) is 95.8. The fraction of sp³-hybridized carbons (Fsp3) is 0.118. The summed E-state index contributed by atoms with van der Waals surface area (Å²) in [6, 6.07) is 155. The minimum Gasteiger partial charge on any atom is -0.454 e. The average molecular weight is 1840 g/mol. The van der Waals surface area contributed by atoms with Gasteiger partial charge in [0.1, 0.15) is 5.58 Å². The van der Waals surface area contributed by atoms with Gasteiger partial charge in [-0.2, -0.15) is 0 Å². The molecule has 142 heavy (non-hydrogen) atoms. The largest absolute Gasteiger partial charge is 0.454 e. The van der Waals surface area contributed by atoms with Gasteiger partial charge in [-0.3, -0.25) is 0 Å². The lowest BCUT2D eigenvalue weighted by atomic mass is 9.81. The molecule has 0 atom stereocenters. The predicted molar refractivity (Wildman–Crippen MR) is 602 cm³/mol. The summed E-state index contributed by atoms with van der Waals surface area (Å²) < 4.78 is 14.3. The Bertz CT molecular complexity index is 9430. The molecule has 0 fully saturated rings. The molecule has 680 valence electrons. The van der Waals surface area contributed by atoms with Crippen LogP contribution in [0.2, 0.25) is 0 Å². The first-order valence-electron chi connectivity index (χ1n) is 50.0. The summed E-state index contributed by atoms with van der Waals surface area (Å²) in [5.41, 5.74) is 51.6. The first kappa shape index (κ1) is 84.9. The first-order chi connectivity index (χ1) is 69.0. The van der Waals surface area contributed by atoms with Crippen LogP contribution in [0, 0.1) is 27.7 Å². The normalized spacial score (nSPS) is 14.0. The molecule has 5 nitrogen and oxygen atoms in total. The molecule has 20 aromatic carbocycles. The third-order valence-corrected chi connectivity index (χ3v) is 33.3. The van der Waals surface area contributed by atoms with Crippen LogP contribution in [0.4, 0.5) is 34.1 Å². The van der Waals surface area contributed by atoms with Crippen molar-refractivity contribution in [1.82, 2.24) is 9.13 Å². The Kier molecular flexibility index (Phi) is 18.9. The van der Waals surface area contributed by atoms with Crippen LogP contribution < -0.4 is 9.80 Å². The highest BCUT2D eigenvalue weighted by molar-refractivity contribution is 7.25. The molecule has 0 saturated heterocycles. The van der Waals surface area contributed by atoms with E-state index in [2.05, 4.69) is 508 Å². The van der Waals surface area contributed by atoms with E-state index >= 15 is 0 Å². The van der Waals surface area contributed by atoms with E-state index < -0.39 is 0 Å². The third kappa shape index (κ3) is 13.1. The standard InChI is InChI=1S/C68H52N2O.C68H52N2S/c1-41-34-42(2)36-46(35-41)45-24-30-51-53-32-29-49(40-61(53)68(5,6)59(51)38-45)70-62-19-11-8-15-54(62)57-37-44(25-33-63(57)70)43-22-26-47(27-23-43)69(64-20-13-17-56-55-16-9-12-21-65(55)71-66(56)64)48-28-31-52-50-14-7-10-18-58(50)67(3,4)60(52)39-48;1-41-33-42(2)35-46(34-41)45-21-28-52-54-30-26-50(40-62(54)68(5,6)60(52)37-45)70-63-17-11-8-14-55(63)57-36-44(22-31-64(57)70)43-19-23-47(24-20-43)69(48-27-32-66-58(38-48)56-15-9-12-18-65(56)71-66)49-25-29-53-51-13-7-10-16-59(51)67(3,4)61(53)39-49/h2*7-40H,1-6H3. The molecule has 0 saturated carbocycles. The monoisotopic (exact) mass is 1840 g/mol. The SMILES string of the molecule is Cc1cc(C)cc(-c2ccc3c(c2)C(C)(C)c2cc(-n4c5ccccc5c5cc(-c6ccc(N(c7ccc8c(c7)C(C)(C)c7ccccc7-8)c7ccc8sc9ccccc9c8c7)cc6)ccc54)ccc2-3)c1.Cc1cc(C)cc(-c2ccc3c(c2)C(C)(C)c2cc(-n4c5ccccc5c5cc(-c6ccc(N(c7ccc8c(c7)C(C)(C)c7ccccc7-8)c7cccc8c7oc7ccccc78)cc6)ccc54)ccc2-3)c1. The molecule has 0 spiro atoms. The van der Waals surface area contributed by atoms with Crippen LogP contribution >= 0.6 is 11.3 Å². The minimum absolute atomic E-state index is 0.109. The molecule has 4 heterocycles. The lowest BCUT2D eigenvalue weighted by molar-refractivity contribution is 0.660. The van der Waals surface area contributed by atoms with Crippen molar-refractivity contribution in [3.63, 3.8) is 0 Å². The number of fused-ring (bicyclic) bond motifs is 24. The van der Waals surface area contributed by atoms with E-state index in [1.807, 2.05) is 17.4 Å². The molecule has 0 bridgehead atoms. The van der Waals surface area contributed by atoms with E-state index in [-0.39, 0.29) is 21.7 Å². The Morgan fingerprint density at radius 2 is 0.556 bits per heavy atom. The van der Waals surface area contributed by atoms with Crippen LogP contribution in [0.3, 0.4) is 0 Å². The second kappa shape index (κ2) is 31.6. The van der Waals surface area contributed by atoms with E-state index in [9.17, 15) is 0 Å². The number of aryl methyl sites for hydroxylation is 4. The number of para-hydroxylation sites is 4. The van der Waals surface area contributed by atoms with Gasteiger partial charge < -0.3 is 23.4 Å². The number of aromatic nitrogens is 2. The van der Waals surface area contributed by atoms with Crippen LogP contribution in [0.1, 0.15) is 122 Å². The summed E-state index contributed by atoms with van der Waals surface area (Å²) in [5.74, 6) is 0. The fourth-order valence-electron chi connectivity index (χ4n) is 25.1. The number of furan rings is 1. The molecule has 24 aromatic rings. The van der Waals surface area contributed by atoms with Crippen LogP contribution in [0.25, 0.3) is 186 Å². The molecule has 0 radical (unpaired) electrons. The molecule has 4 aliphatic rings. The van der Waals surface area contributed by atoms with Gasteiger partial charge in [-0.25, -0.2) is 0 Å².